The highest BCUT2D eigenvalue weighted by Crippen LogP contribution is 2.30. The lowest BCUT2D eigenvalue weighted by Crippen LogP contribution is -2.33. The highest BCUT2D eigenvalue weighted by atomic mass is 35.5. The molecule has 1 aromatic carbocycles. The zero-order chi connectivity index (χ0) is 13.8. The van der Waals surface area contributed by atoms with Crippen molar-refractivity contribution in [1.82, 2.24) is 0 Å². The number of rotatable bonds is 6. The lowest BCUT2D eigenvalue weighted by atomic mass is 10.2. The van der Waals surface area contributed by atoms with E-state index in [4.69, 9.17) is 10.5 Å². The predicted molar refractivity (Wildman–Crippen MR) is 64.6 cm³/mol. The monoisotopic (exact) mass is 303 g/mol. The molecule has 0 saturated heterocycles. The molecule has 2 N–H and O–H groups in total. The molecule has 0 heterocycles. The maximum Gasteiger partial charge on any atom is 0.340 e. The molecule has 0 aliphatic rings. The largest absolute Gasteiger partial charge is 0.493 e. The van der Waals surface area contributed by atoms with E-state index in [0.717, 1.165) is 0 Å². The van der Waals surface area contributed by atoms with Crippen molar-refractivity contribution in [1.29, 1.82) is 0 Å². The summed E-state index contributed by atoms with van der Waals surface area (Å²) >= 11 is 0. The molecule has 0 unspecified atom stereocenters. The molecule has 0 fully saturated rings. The maximum absolute atomic E-state index is 12.7. The van der Waals surface area contributed by atoms with Gasteiger partial charge in [-0.2, -0.15) is 8.78 Å². The number of nitrogens with two attached hydrogens (primary N) is 1. The molecular weight excluding hydrogens is 290 g/mol. The third kappa shape index (κ3) is 4.76. The van der Waals surface area contributed by atoms with Crippen molar-refractivity contribution >= 4 is 12.4 Å². The third-order valence-electron chi connectivity index (χ3n) is 2.20. The zero-order valence-electron chi connectivity index (χ0n) is 10.0. The summed E-state index contributed by atoms with van der Waals surface area (Å²) in [7, 11) is 1.32. The van der Waals surface area contributed by atoms with Gasteiger partial charge in [0.2, 0.25) is 0 Å². The highest BCUT2D eigenvalue weighted by Gasteiger charge is 2.41. The average Bonchev–Trinajstić information content (AvgIpc) is 2.35. The first kappa shape index (κ1) is 17.8. The Kier molecular flexibility index (Phi) is 6.93. The molecule has 3 nitrogen and oxygen atoms in total. The summed E-state index contributed by atoms with van der Waals surface area (Å²) in [4.78, 5) is 0. The van der Waals surface area contributed by atoms with Gasteiger partial charge in [0.25, 0.3) is 0 Å². The SMILES string of the molecule is COc1ccc(CN)cc1OCC(F)(F)C(F)F.Cl. The van der Waals surface area contributed by atoms with Gasteiger partial charge >= 0.3 is 12.3 Å². The normalized spacial score (nSPS) is 11.1. The summed E-state index contributed by atoms with van der Waals surface area (Å²) in [5.74, 6) is -4.07. The van der Waals surface area contributed by atoms with Gasteiger partial charge < -0.3 is 15.2 Å². The summed E-state index contributed by atoms with van der Waals surface area (Å²) in [5, 5.41) is 0. The topological polar surface area (TPSA) is 44.5 Å². The predicted octanol–water partition coefficient (Wildman–Crippen LogP) is 2.85. The van der Waals surface area contributed by atoms with E-state index in [0.29, 0.717) is 5.56 Å². The molecule has 0 aliphatic carbocycles. The zero-order valence-corrected chi connectivity index (χ0v) is 10.9. The first-order chi connectivity index (χ1) is 8.40. The average molecular weight is 304 g/mol. The lowest BCUT2D eigenvalue weighted by molar-refractivity contribution is -0.148. The van der Waals surface area contributed by atoms with Crippen LogP contribution in [0.2, 0.25) is 0 Å². The second kappa shape index (κ2) is 7.40. The number of halogens is 5. The molecule has 0 atom stereocenters. The number of hydrogen-bond donors (Lipinski definition) is 1. The Labute approximate surface area is 114 Å². The quantitative estimate of drug-likeness (QED) is 0.822. The second-order valence-electron chi connectivity index (χ2n) is 3.54. The molecule has 0 aliphatic heterocycles. The molecule has 0 aromatic heterocycles. The number of methoxy groups -OCH3 is 1. The van der Waals surface area contributed by atoms with Gasteiger partial charge in [-0.15, -0.1) is 12.4 Å². The standard InChI is InChI=1S/C11H13F4NO2.ClH/c1-17-8-3-2-7(5-16)4-9(8)18-6-11(14,15)10(12)13;/h2-4,10H,5-6,16H2,1H3;1H. The Hall–Kier alpha value is -1.21. The third-order valence-corrected chi connectivity index (χ3v) is 2.20. The maximum atomic E-state index is 12.7. The molecule has 0 amide bonds. The van der Waals surface area contributed by atoms with Crippen LogP contribution >= 0.6 is 12.4 Å². The van der Waals surface area contributed by atoms with Crippen molar-refractivity contribution in [2.75, 3.05) is 13.7 Å². The Morgan fingerprint density at radius 2 is 1.89 bits per heavy atom. The molecule has 0 radical (unpaired) electrons. The van der Waals surface area contributed by atoms with Gasteiger partial charge in [-0.3, -0.25) is 0 Å². The lowest BCUT2D eigenvalue weighted by Gasteiger charge is -2.17. The Balaban J connectivity index is 0.00000324. The van der Waals surface area contributed by atoms with Gasteiger partial charge in [0, 0.05) is 6.54 Å². The Bertz CT molecular complexity index is 404. The van der Waals surface area contributed by atoms with Crippen LogP contribution in [0.25, 0.3) is 0 Å². The molecule has 0 spiro atoms. The van der Waals surface area contributed by atoms with Crippen molar-refractivity contribution in [3.8, 4) is 11.5 Å². The van der Waals surface area contributed by atoms with Crippen LogP contribution in [0.3, 0.4) is 0 Å². The molecule has 0 bridgehead atoms. The van der Waals surface area contributed by atoms with Gasteiger partial charge in [-0.25, -0.2) is 8.78 Å². The van der Waals surface area contributed by atoms with Crippen molar-refractivity contribution in [2.24, 2.45) is 5.73 Å². The van der Waals surface area contributed by atoms with Crippen LogP contribution in [0.1, 0.15) is 5.56 Å². The molecule has 8 heteroatoms. The van der Waals surface area contributed by atoms with Crippen molar-refractivity contribution < 1.29 is 27.0 Å². The van der Waals surface area contributed by atoms with Crippen LogP contribution in [0, 0.1) is 0 Å². The molecule has 19 heavy (non-hydrogen) atoms. The van der Waals surface area contributed by atoms with Gasteiger partial charge in [0.15, 0.2) is 18.1 Å². The van der Waals surface area contributed by atoms with Gasteiger partial charge in [-0.05, 0) is 17.7 Å². The van der Waals surface area contributed by atoms with Crippen molar-refractivity contribution in [3.05, 3.63) is 23.8 Å². The van der Waals surface area contributed by atoms with Crippen LogP contribution in [0.15, 0.2) is 18.2 Å². The van der Waals surface area contributed by atoms with E-state index in [1.165, 1.54) is 19.2 Å². The number of benzene rings is 1. The highest BCUT2D eigenvalue weighted by molar-refractivity contribution is 5.85. The minimum Gasteiger partial charge on any atom is -0.493 e. The van der Waals surface area contributed by atoms with E-state index in [1.54, 1.807) is 6.07 Å². The molecular formula is C11H14ClF4NO2. The van der Waals surface area contributed by atoms with E-state index in [9.17, 15) is 17.6 Å². The summed E-state index contributed by atoms with van der Waals surface area (Å²) in [6.07, 6.45) is -3.78. The fourth-order valence-electron chi connectivity index (χ4n) is 1.20. The van der Waals surface area contributed by atoms with Crippen molar-refractivity contribution in [2.45, 2.75) is 18.9 Å². The van der Waals surface area contributed by atoms with Crippen molar-refractivity contribution in [3.63, 3.8) is 0 Å². The second-order valence-corrected chi connectivity index (χ2v) is 3.54. The van der Waals surface area contributed by atoms with E-state index < -0.39 is 19.0 Å². The minimum atomic E-state index is -4.20. The number of ether oxygens (including phenoxy) is 2. The van der Waals surface area contributed by atoms with E-state index in [-0.39, 0.29) is 30.5 Å². The summed E-state index contributed by atoms with van der Waals surface area (Å²) in [6, 6.07) is 4.47. The minimum absolute atomic E-state index is 0. The van der Waals surface area contributed by atoms with Gasteiger partial charge in [0.1, 0.15) is 0 Å². The number of hydrogen-bond acceptors (Lipinski definition) is 3. The fourth-order valence-corrected chi connectivity index (χ4v) is 1.20. The smallest absolute Gasteiger partial charge is 0.340 e. The first-order valence-electron chi connectivity index (χ1n) is 5.06. The van der Waals surface area contributed by atoms with Crippen LogP contribution in [-0.2, 0) is 6.54 Å². The molecule has 1 aromatic rings. The number of alkyl halides is 4. The van der Waals surface area contributed by atoms with E-state index in [2.05, 4.69) is 4.74 Å². The molecule has 0 saturated carbocycles. The van der Waals surface area contributed by atoms with Crippen LogP contribution < -0.4 is 15.2 Å². The van der Waals surface area contributed by atoms with E-state index in [1.807, 2.05) is 0 Å². The molecule has 1 rings (SSSR count). The summed E-state index contributed by atoms with van der Waals surface area (Å²) < 4.78 is 58.9. The van der Waals surface area contributed by atoms with E-state index >= 15 is 0 Å². The van der Waals surface area contributed by atoms with Gasteiger partial charge in [-0.1, -0.05) is 6.07 Å². The van der Waals surface area contributed by atoms with Crippen LogP contribution in [-0.4, -0.2) is 26.1 Å². The molecule has 110 valence electrons. The van der Waals surface area contributed by atoms with Gasteiger partial charge in [0.05, 0.1) is 7.11 Å². The van der Waals surface area contributed by atoms with Crippen LogP contribution in [0.5, 0.6) is 11.5 Å². The Morgan fingerprint density at radius 1 is 1.26 bits per heavy atom. The Morgan fingerprint density at radius 3 is 2.37 bits per heavy atom. The first-order valence-corrected chi connectivity index (χ1v) is 5.06. The fraction of sp³-hybridized carbons (Fsp3) is 0.455. The summed E-state index contributed by atoms with van der Waals surface area (Å²) in [6.45, 7) is -1.25. The summed E-state index contributed by atoms with van der Waals surface area (Å²) in [5.41, 5.74) is 5.99. The van der Waals surface area contributed by atoms with Crippen LogP contribution in [0.4, 0.5) is 17.6 Å².